The highest BCUT2D eigenvalue weighted by Crippen LogP contribution is 2.25. The van der Waals surface area contributed by atoms with Crippen LogP contribution in [0.25, 0.3) is 0 Å². The van der Waals surface area contributed by atoms with E-state index in [0.717, 1.165) is 38.0 Å². The van der Waals surface area contributed by atoms with Crippen LogP contribution in [0.2, 0.25) is 0 Å². The van der Waals surface area contributed by atoms with Gasteiger partial charge in [-0.25, -0.2) is 0 Å². The highest BCUT2D eigenvalue weighted by atomic mass is 16.5. The molecule has 0 unspecified atom stereocenters. The van der Waals surface area contributed by atoms with Crippen molar-refractivity contribution in [3.8, 4) is 0 Å². The van der Waals surface area contributed by atoms with Crippen LogP contribution in [-0.2, 0) is 6.42 Å². The Bertz CT molecular complexity index is 535. The van der Waals surface area contributed by atoms with E-state index < -0.39 is 0 Å². The number of piperazine rings is 1. The minimum Gasteiger partial charge on any atom is -0.391 e. The van der Waals surface area contributed by atoms with Gasteiger partial charge in [-0.15, -0.1) is 0 Å². The number of aliphatic hydroxyl groups is 1. The van der Waals surface area contributed by atoms with E-state index in [4.69, 9.17) is 4.52 Å². The van der Waals surface area contributed by atoms with Crippen molar-refractivity contribution in [2.75, 3.05) is 26.2 Å². The van der Waals surface area contributed by atoms with Crippen molar-refractivity contribution in [2.24, 2.45) is 0 Å². The van der Waals surface area contributed by atoms with Crippen LogP contribution in [-0.4, -0.2) is 64.3 Å². The molecule has 2 fully saturated rings. The predicted molar refractivity (Wildman–Crippen MR) is 81.7 cm³/mol. The van der Waals surface area contributed by atoms with Gasteiger partial charge in [0.2, 0.25) is 0 Å². The summed E-state index contributed by atoms with van der Waals surface area (Å²) in [4.78, 5) is 16.9. The van der Waals surface area contributed by atoms with Gasteiger partial charge in [0.25, 0.3) is 5.91 Å². The molecule has 1 saturated carbocycles. The molecule has 6 nitrogen and oxygen atoms in total. The fourth-order valence-corrected chi connectivity index (χ4v) is 3.69. The molecule has 0 radical (unpaired) electrons. The third-order valence-corrected chi connectivity index (χ3v) is 5.00. The molecule has 1 amide bonds. The van der Waals surface area contributed by atoms with Crippen LogP contribution >= 0.6 is 0 Å². The summed E-state index contributed by atoms with van der Waals surface area (Å²) in [6.45, 7) is 6.85. The Balaban J connectivity index is 1.63. The van der Waals surface area contributed by atoms with Gasteiger partial charge in [0.05, 0.1) is 11.8 Å². The second-order valence-electron chi connectivity index (χ2n) is 6.31. The lowest BCUT2D eigenvalue weighted by Gasteiger charge is -2.39. The number of amides is 1. The molecule has 1 aromatic heterocycles. The number of carbonyl (C=O) groups is 1. The van der Waals surface area contributed by atoms with Gasteiger partial charge in [0.15, 0.2) is 0 Å². The van der Waals surface area contributed by atoms with Crippen molar-refractivity contribution < 1.29 is 14.4 Å². The SMILES string of the molecule is CCc1noc(C)c1C(=O)N1CCN([C@H]2CCC[C@H]2O)CC1. The molecule has 1 N–H and O–H groups in total. The highest BCUT2D eigenvalue weighted by Gasteiger charge is 2.34. The quantitative estimate of drug-likeness (QED) is 0.909. The number of carbonyl (C=O) groups excluding carboxylic acids is 1. The fraction of sp³-hybridized carbons (Fsp3) is 0.750. The smallest absolute Gasteiger partial charge is 0.259 e. The van der Waals surface area contributed by atoms with Gasteiger partial charge in [-0.05, 0) is 32.6 Å². The van der Waals surface area contributed by atoms with Gasteiger partial charge < -0.3 is 14.5 Å². The van der Waals surface area contributed by atoms with Crippen LogP contribution in [0.15, 0.2) is 4.52 Å². The number of nitrogens with zero attached hydrogens (tertiary/aromatic N) is 3. The third kappa shape index (κ3) is 2.77. The molecular weight excluding hydrogens is 282 g/mol. The second kappa shape index (κ2) is 6.38. The first-order chi connectivity index (χ1) is 10.6. The van der Waals surface area contributed by atoms with E-state index in [0.29, 0.717) is 30.8 Å². The van der Waals surface area contributed by atoms with Gasteiger partial charge in [0, 0.05) is 32.2 Å². The van der Waals surface area contributed by atoms with E-state index in [-0.39, 0.29) is 18.1 Å². The molecule has 2 aliphatic rings. The van der Waals surface area contributed by atoms with Crippen molar-refractivity contribution in [3.63, 3.8) is 0 Å². The standard InChI is InChI=1S/C16H25N3O3/c1-3-12-15(11(2)22-17-12)16(21)19-9-7-18(8-10-19)13-5-4-6-14(13)20/h13-14,20H,3-10H2,1-2H3/t13-,14+/m0/s1. The zero-order chi connectivity index (χ0) is 15.7. The molecule has 122 valence electrons. The lowest BCUT2D eigenvalue weighted by atomic mass is 10.1. The maximum absolute atomic E-state index is 12.7. The minimum atomic E-state index is -0.200. The first kappa shape index (κ1) is 15.5. The summed E-state index contributed by atoms with van der Waals surface area (Å²) in [5, 5.41) is 14.0. The maximum Gasteiger partial charge on any atom is 0.259 e. The zero-order valence-electron chi connectivity index (χ0n) is 13.4. The van der Waals surface area contributed by atoms with E-state index in [1.165, 1.54) is 0 Å². The summed E-state index contributed by atoms with van der Waals surface area (Å²) < 4.78 is 5.17. The predicted octanol–water partition coefficient (Wildman–Crippen LogP) is 1.22. The van der Waals surface area contributed by atoms with Crippen molar-refractivity contribution >= 4 is 5.91 Å². The van der Waals surface area contributed by atoms with Crippen LogP contribution in [0.4, 0.5) is 0 Å². The first-order valence-corrected chi connectivity index (χ1v) is 8.28. The van der Waals surface area contributed by atoms with E-state index in [1.807, 2.05) is 11.8 Å². The van der Waals surface area contributed by atoms with E-state index in [9.17, 15) is 9.90 Å². The summed E-state index contributed by atoms with van der Waals surface area (Å²) in [7, 11) is 0. The Morgan fingerprint density at radius 2 is 2.05 bits per heavy atom. The Hall–Kier alpha value is -1.40. The van der Waals surface area contributed by atoms with Crippen molar-refractivity contribution in [1.82, 2.24) is 15.0 Å². The van der Waals surface area contributed by atoms with Gasteiger partial charge in [-0.2, -0.15) is 0 Å². The number of aryl methyl sites for hydroxylation is 2. The molecule has 2 atom stereocenters. The molecule has 2 heterocycles. The molecular formula is C16H25N3O3. The maximum atomic E-state index is 12.7. The van der Waals surface area contributed by atoms with Crippen molar-refractivity contribution in [1.29, 1.82) is 0 Å². The lowest BCUT2D eigenvalue weighted by molar-refractivity contribution is 0.0314. The third-order valence-electron chi connectivity index (χ3n) is 5.00. The molecule has 3 rings (SSSR count). The summed E-state index contributed by atoms with van der Waals surface area (Å²) >= 11 is 0. The summed E-state index contributed by atoms with van der Waals surface area (Å²) in [6.07, 6.45) is 3.58. The summed E-state index contributed by atoms with van der Waals surface area (Å²) in [5.74, 6) is 0.637. The number of aliphatic hydroxyl groups excluding tert-OH is 1. The molecule has 1 aromatic rings. The Kier molecular flexibility index (Phi) is 4.49. The molecule has 0 spiro atoms. The van der Waals surface area contributed by atoms with Crippen LogP contribution in [0, 0.1) is 6.92 Å². The zero-order valence-corrected chi connectivity index (χ0v) is 13.4. The number of hydrogen-bond donors (Lipinski definition) is 1. The monoisotopic (exact) mass is 307 g/mol. The van der Waals surface area contributed by atoms with Crippen LogP contribution < -0.4 is 0 Å². The molecule has 1 saturated heterocycles. The highest BCUT2D eigenvalue weighted by molar-refractivity contribution is 5.96. The lowest BCUT2D eigenvalue weighted by Crippen LogP contribution is -2.53. The van der Waals surface area contributed by atoms with E-state index >= 15 is 0 Å². The van der Waals surface area contributed by atoms with E-state index in [2.05, 4.69) is 10.1 Å². The molecule has 1 aliphatic carbocycles. The number of aromatic nitrogens is 1. The van der Waals surface area contributed by atoms with Gasteiger partial charge in [-0.1, -0.05) is 12.1 Å². The van der Waals surface area contributed by atoms with Gasteiger partial charge >= 0.3 is 0 Å². The van der Waals surface area contributed by atoms with Crippen LogP contribution in [0.1, 0.15) is 48.0 Å². The van der Waals surface area contributed by atoms with Crippen molar-refractivity contribution in [3.05, 3.63) is 17.0 Å². The van der Waals surface area contributed by atoms with Crippen LogP contribution in [0.3, 0.4) is 0 Å². The number of hydrogen-bond acceptors (Lipinski definition) is 5. The molecule has 22 heavy (non-hydrogen) atoms. The largest absolute Gasteiger partial charge is 0.391 e. The topological polar surface area (TPSA) is 69.8 Å². The van der Waals surface area contributed by atoms with Gasteiger partial charge in [0.1, 0.15) is 11.3 Å². The number of rotatable bonds is 3. The summed E-state index contributed by atoms with van der Waals surface area (Å²) in [5.41, 5.74) is 1.38. The Morgan fingerprint density at radius 3 is 2.64 bits per heavy atom. The Morgan fingerprint density at radius 1 is 1.32 bits per heavy atom. The molecule has 6 heteroatoms. The minimum absolute atomic E-state index is 0.0298. The van der Waals surface area contributed by atoms with Crippen LogP contribution in [0.5, 0.6) is 0 Å². The Labute approximate surface area is 131 Å². The second-order valence-corrected chi connectivity index (χ2v) is 6.31. The molecule has 1 aliphatic heterocycles. The molecule has 0 bridgehead atoms. The fourth-order valence-electron chi connectivity index (χ4n) is 3.69. The first-order valence-electron chi connectivity index (χ1n) is 8.28. The molecule has 0 aromatic carbocycles. The average molecular weight is 307 g/mol. The van der Waals surface area contributed by atoms with E-state index in [1.54, 1.807) is 6.92 Å². The van der Waals surface area contributed by atoms with Gasteiger partial charge in [-0.3, -0.25) is 9.69 Å². The van der Waals surface area contributed by atoms with Crippen molar-refractivity contribution in [2.45, 2.75) is 51.7 Å². The summed E-state index contributed by atoms with van der Waals surface area (Å²) in [6, 6.07) is 0.279. The average Bonchev–Trinajstić information content (AvgIpc) is 3.12. The normalized spacial score (nSPS) is 26.6.